The smallest absolute Gasteiger partial charge is 0.231 e. The summed E-state index contributed by atoms with van der Waals surface area (Å²) in [5, 5.41) is 3.20. The second-order valence-corrected chi connectivity index (χ2v) is 6.14. The van der Waals surface area contributed by atoms with Crippen molar-refractivity contribution in [1.29, 1.82) is 0 Å². The molecule has 0 unspecified atom stereocenters. The van der Waals surface area contributed by atoms with E-state index in [-0.39, 0.29) is 18.6 Å². The number of benzene rings is 1. The molecule has 3 rings (SSSR count). The lowest BCUT2D eigenvalue weighted by Crippen LogP contribution is -2.39. The number of hydrogen-bond donors (Lipinski definition) is 1. The number of amides is 1. The van der Waals surface area contributed by atoms with Crippen LogP contribution in [-0.2, 0) is 11.2 Å². The minimum atomic E-state index is -0.0210. The third-order valence-electron chi connectivity index (χ3n) is 4.38. The average Bonchev–Trinajstić information content (AvgIpc) is 2.95. The molecule has 1 atom stereocenters. The highest BCUT2D eigenvalue weighted by Crippen LogP contribution is 2.33. The number of carbonyl (C=O) groups is 1. The topological polar surface area (TPSA) is 47.6 Å². The summed E-state index contributed by atoms with van der Waals surface area (Å²) in [6.45, 7) is 2.28. The molecule has 4 nitrogen and oxygen atoms in total. The Morgan fingerprint density at radius 1 is 1.24 bits per heavy atom. The molecule has 0 spiro atoms. The summed E-state index contributed by atoms with van der Waals surface area (Å²) in [6, 6.07) is 6.29. The molecule has 1 aromatic carbocycles. The highest BCUT2D eigenvalue weighted by atomic mass is 16.7. The fourth-order valence-corrected chi connectivity index (χ4v) is 3.10. The van der Waals surface area contributed by atoms with Gasteiger partial charge in [0.15, 0.2) is 11.5 Å². The Morgan fingerprint density at radius 2 is 2.00 bits per heavy atom. The van der Waals surface area contributed by atoms with Gasteiger partial charge in [-0.3, -0.25) is 4.79 Å². The van der Waals surface area contributed by atoms with Gasteiger partial charge in [0.25, 0.3) is 0 Å². The van der Waals surface area contributed by atoms with Crippen LogP contribution in [0.2, 0.25) is 0 Å². The predicted octanol–water partition coefficient (Wildman–Crippen LogP) is 3.04. The van der Waals surface area contributed by atoms with Gasteiger partial charge in [-0.15, -0.1) is 0 Å². The Hall–Kier alpha value is -1.71. The summed E-state index contributed by atoms with van der Waals surface area (Å²) in [5.41, 5.74) is 1.12. The molecule has 1 aliphatic heterocycles. The first-order valence-electron chi connectivity index (χ1n) is 7.91. The van der Waals surface area contributed by atoms with E-state index >= 15 is 0 Å². The highest BCUT2D eigenvalue weighted by Gasteiger charge is 2.21. The van der Waals surface area contributed by atoms with Crippen LogP contribution in [0, 0.1) is 5.92 Å². The third-order valence-corrected chi connectivity index (χ3v) is 4.38. The van der Waals surface area contributed by atoms with Gasteiger partial charge in [0, 0.05) is 12.0 Å². The van der Waals surface area contributed by atoms with E-state index in [2.05, 4.69) is 5.32 Å². The van der Waals surface area contributed by atoms with Gasteiger partial charge < -0.3 is 14.8 Å². The molecular formula is C17H23NO3. The second-order valence-electron chi connectivity index (χ2n) is 6.14. The molecule has 0 bridgehead atoms. The third kappa shape index (κ3) is 3.49. The number of nitrogens with one attached hydrogen (secondary N) is 1. The summed E-state index contributed by atoms with van der Waals surface area (Å²) in [6.07, 6.45) is 6.77. The summed E-state index contributed by atoms with van der Waals surface area (Å²) >= 11 is 0. The highest BCUT2D eigenvalue weighted by molar-refractivity contribution is 5.79. The fraction of sp³-hybridized carbons (Fsp3) is 0.588. The van der Waals surface area contributed by atoms with E-state index in [1.54, 1.807) is 0 Å². The lowest BCUT2D eigenvalue weighted by Gasteiger charge is -2.24. The molecule has 2 aliphatic rings. The summed E-state index contributed by atoms with van der Waals surface area (Å²) in [7, 11) is 0. The monoisotopic (exact) mass is 289 g/mol. The van der Waals surface area contributed by atoms with Gasteiger partial charge in [0.2, 0.25) is 12.7 Å². The quantitative estimate of drug-likeness (QED) is 0.926. The molecule has 0 radical (unpaired) electrons. The molecule has 21 heavy (non-hydrogen) atoms. The first kappa shape index (κ1) is 14.2. The van der Waals surface area contributed by atoms with Crippen molar-refractivity contribution in [3.8, 4) is 11.5 Å². The van der Waals surface area contributed by atoms with Crippen molar-refractivity contribution in [3.05, 3.63) is 23.8 Å². The Kier molecular flexibility index (Phi) is 4.32. The van der Waals surface area contributed by atoms with Gasteiger partial charge in [-0.2, -0.15) is 0 Å². The van der Waals surface area contributed by atoms with Crippen LogP contribution in [0.4, 0.5) is 0 Å². The van der Waals surface area contributed by atoms with Crippen LogP contribution < -0.4 is 14.8 Å². The molecule has 1 amide bonds. The Bertz CT molecular complexity index is 509. The lowest BCUT2D eigenvalue weighted by atomic mass is 9.94. The van der Waals surface area contributed by atoms with E-state index in [0.29, 0.717) is 6.04 Å². The Balaban J connectivity index is 1.55. The van der Waals surface area contributed by atoms with E-state index in [1.807, 2.05) is 25.1 Å². The molecule has 0 aromatic heterocycles. The summed E-state index contributed by atoms with van der Waals surface area (Å²) in [5.74, 6) is 1.72. The standard InChI is InChI=1S/C17H23NO3/c1-12(17(19)18-14-5-3-2-4-6-14)9-13-7-8-15-16(10-13)21-11-20-15/h7-8,10,12,14H,2-6,9,11H2,1H3,(H,18,19)/t12-/m1/s1. The van der Waals surface area contributed by atoms with Crippen molar-refractivity contribution in [2.24, 2.45) is 5.92 Å². The zero-order valence-electron chi connectivity index (χ0n) is 12.6. The van der Waals surface area contributed by atoms with E-state index in [1.165, 1.54) is 19.3 Å². The van der Waals surface area contributed by atoms with Crippen molar-refractivity contribution in [2.75, 3.05) is 6.79 Å². The van der Waals surface area contributed by atoms with Crippen molar-refractivity contribution in [2.45, 2.75) is 51.5 Å². The Labute approximate surface area is 125 Å². The molecule has 4 heteroatoms. The SMILES string of the molecule is C[C@H](Cc1ccc2c(c1)OCO2)C(=O)NC1CCCCC1. The Morgan fingerprint density at radius 3 is 2.81 bits per heavy atom. The van der Waals surface area contributed by atoms with Crippen LogP contribution in [0.3, 0.4) is 0 Å². The van der Waals surface area contributed by atoms with Crippen LogP contribution in [0.1, 0.15) is 44.6 Å². The van der Waals surface area contributed by atoms with Crippen molar-refractivity contribution in [1.82, 2.24) is 5.32 Å². The van der Waals surface area contributed by atoms with E-state index in [0.717, 1.165) is 36.3 Å². The molecule has 1 fully saturated rings. The molecular weight excluding hydrogens is 266 g/mol. The van der Waals surface area contributed by atoms with Crippen LogP contribution in [0.25, 0.3) is 0 Å². The number of fused-ring (bicyclic) bond motifs is 1. The molecule has 0 saturated heterocycles. The number of rotatable bonds is 4. The predicted molar refractivity (Wildman–Crippen MR) is 80.4 cm³/mol. The van der Waals surface area contributed by atoms with Crippen molar-refractivity contribution < 1.29 is 14.3 Å². The number of ether oxygens (including phenoxy) is 2. The van der Waals surface area contributed by atoms with E-state index < -0.39 is 0 Å². The normalized spacial score (nSPS) is 19.3. The number of carbonyl (C=O) groups excluding carboxylic acids is 1. The first-order valence-corrected chi connectivity index (χ1v) is 7.91. The molecule has 1 aromatic rings. The molecule has 1 N–H and O–H groups in total. The van der Waals surface area contributed by atoms with Crippen LogP contribution in [0.5, 0.6) is 11.5 Å². The minimum Gasteiger partial charge on any atom is -0.454 e. The molecule has 1 aliphatic carbocycles. The summed E-state index contributed by atoms with van der Waals surface area (Å²) < 4.78 is 10.7. The van der Waals surface area contributed by atoms with Gasteiger partial charge in [-0.1, -0.05) is 32.3 Å². The molecule has 1 saturated carbocycles. The van der Waals surface area contributed by atoms with Crippen molar-refractivity contribution >= 4 is 5.91 Å². The zero-order chi connectivity index (χ0) is 14.7. The summed E-state index contributed by atoms with van der Waals surface area (Å²) in [4.78, 5) is 12.3. The fourth-order valence-electron chi connectivity index (χ4n) is 3.10. The average molecular weight is 289 g/mol. The van der Waals surface area contributed by atoms with Crippen molar-refractivity contribution in [3.63, 3.8) is 0 Å². The van der Waals surface area contributed by atoms with E-state index in [4.69, 9.17) is 9.47 Å². The maximum Gasteiger partial charge on any atom is 0.231 e. The van der Waals surface area contributed by atoms with Gasteiger partial charge in [0.1, 0.15) is 0 Å². The largest absolute Gasteiger partial charge is 0.454 e. The molecule has 114 valence electrons. The van der Waals surface area contributed by atoms with Gasteiger partial charge in [-0.05, 0) is 37.0 Å². The van der Waals surface area contributed by atoms with Gasteiger partial charge in [0.05, 0.1) is 0 Å². The molecule has 1 heterocycles. The van der Waals surface area contributed by atoms with Gasteiger partial charge >= 0.3 is 0 Å². The first-order chi connectivity index (χ1) is 10.2. The maximum absolute atomic E-state index is 12.3. The van der Waals surface area contributed by atoms with Crippen LogP contribution in [0.15, 0.2) is 18.2 Å². The van der Waals surface area contributed by atoms with Gasteiger partial charge in [-0.25, -0.2) is 0 Å². The lowest BCUT2D eigenvalue weighted by molar-refractivity contribution is -0.125. The minimum absolute atomic E-state index is 0.0210. The maximum atomic E-state index is 12.3. The van der Waals surface area contributed by atoms with Crippen LogP contribution >= 0.6 is 0 Å². The van der Waals surface area contributed by atoms with E-state index in [9.17, 15) is 4.79 Å². The zero-order valence-corrected chi connectivity index (χ0v) is 12.6. The second kappa shape index (κ2) is 6.37. The van der Waals surface area contributed by atoms with Crippen LogP contribution in [-0.4, -0.2) is 18.7 Å². The number of hydrogen-bond acceptors (Lipinski definition) is 3.